The van der Waals surface area contributed by atoms with Gasteiger partial charge in [0.25, 0.3) is 5.91 Å². The van der Waals surface area contributed by atoms with Crippen molar-refractivity contribution in [2.75, 3.05) is 18.5 Å². The number of hydrogen-bond donors (Lipinski definition) is 4. The lowest BCUT2D eigenvalue weighted by Crippen LogP contribution is -2.34. The fraction of sp³-hybridized carbons (Fsp3) is 0.438. The van der Waals surface area contributed by atoms with E-state index in [1.54, 1.807) is 18.2 Å². The Bertz CT molecular complexity index is 730. The zero-order valence-corrected chi connectivity index (χ0v) is 15.2. The number of carbonyl (C=O) groups excluding carboxylic acids is 2. The zero-order chi connectivity index (χ0) is 19.3. The van der Waals surface area contributed by atoms with E-state index in [9.17, 15) is 14.0 Å². The largest absolute Gasteiger partial charge is 0.476 e. The van der Waals surface area contributed by atoms with E-state index in [4.69, 9.17) is 15.6 Å². The number of anilines is 1. The smallest absolute Gasteiger partial charge is 0.320 e. The highest BCUT2D eigenvalue weighted by molar-refractivity contribution is 7.11. The van der Waals surface area contributed by atoms with E-state index in [1.807, 2.05) is 0 Å². The van der Waals surface area contributed by atoms with Gasteiger partial charge >= 0.3 is 6.03 Å². The van der Waals surface area contributed by atoms with Crippen LogP contribution in [0.3, 0.4) is 0 Å². The fourth-order valence-electron chi connectivity index (χ4n) is 2.21. The van der Waals surface area contributed by atoms with Crippen LogP contribution in [-0.4, -0.2) is 46.3 Å². The van der Waals surface area contributed by atoms with Crippen molar-refractivity contribution in [3.05, 3.63) is 29.9 Å². The Morgan fingerprint density at radius 2 is 2.27 bits per heavy atom. The van der Waals surface area contributed by atoms with Crippen LogP contribution >= 0.6 is 11.5 Å². The maximum Gasteiger partial charge on any atom is 0.320 e. The van der Waals surface area contributed by atoms with Gasteiger partial charge in [-0.05, 0) is 31.5 Å². The second-order valence-corrected chi connectivity index (χ2v) is 6.83. The number of nitrogens with zero attached hydrogens (tertiary/aromatic N) is 1. The lowest BCUT2D eigenvalue weighted by molar-refractivity contribution is 0.0992. The summed E-state index contributed by atoms with van der Waals surface area (Å²) in [6, 6.07) is -0.625. The maximum absolute atomic E-state index is 14.4. The third-order valence-electron chi connectivity index (χ3n) is 3.69. The number of allylic oxidation sites excluding steroid dienone is 3. The molecule has 3 atom stereocenters. The Kier molecular flexibility index (Phi) is 6.32. The summed E-state index contributed by atoms with van der Waals surface area (Å²) < 4.78 is 23.9. The average Bonchev–Trinajstić information content (AvgIpc) is 2.94. The first kappa shape index (κ1) is 19.9. The molecule has 0 radical (unpaired) electrons. The predicted molar refractivity (Wildman–Crippen MR) is 96.1 cm³/mol. The predicted octanol–water partition coefficient (Wildman–Crippen LogP) is 1.59. The highest BCUT2D eigenvalue weighted by Gasteiger charge is 2.32. The number of hydrogen-bond acceptors (Lipinski definition) is 6. The lowest BCUT2D eigenvalue weighted by Gasteiger charge is -2.26. The van der Waals surface area contributed by atoms with Crippen LogP contribution in [-0.2, 0) is 0 Å². The van der Waals surface area contributed by atoms with Gasteiger partial charge in [-0.25, -0.2) is 9.18 Å². The fourth-order valence-corrected chi connectivity index (χ4v) is 2.94. The summed E-state index contributed by atoms with van der Waals surface area (Å²) in [5.74, 6) is -1.45. The van der Waals surface area contributed by atoms with Gasteiger partial charge in [0, 0.05) is 12.5 Å². The average molecular weight is 384 g/mol. The maximum atomic E-state index is 14.4. The Labute approximate surface area is 154 Å². The molecule has 142 valence electrons. The number of ether oxygens (including phenoxy) is 1. The number of halogens is 1. The molecular formula is C16H21FN4O4S. The first-order valence-electron chi connectivity index (χ1n) is 7.91. The second-order valence-electron chi connectivity index (χ2n) is 6.05. The summed E-state index contributed by atoms with van der Waals surface area (Å²) in [6.07, 6.45) is 5.70. The molecule has 10 heteroatoms. The normalized spacial score (nSPS) is 22.7. The molecule has 26 heavy (non-hydrogen) atoms. The molecule has 2 rings (SSSR count). The number of amides is 3. The molecule has 0 saturated heterocycles. The Balaban J connectivity index is 2.07. The number of rotatable bonds is 7. The van der Waals surface area contributed by atoms with E-state index in [2.05, 4.69) is 15.0 Å². The third kappa shape index (κ3) is 5.02. The Hall–Kier alpha value is -2.46. The van der Waals surface area contributed by atoms with E-state index < -0.39 is 29.6 Å². The van der Waals surface area contributed by atoms with Gasteiger partial charge in [-0.15, -0.1) is 0 Å². The molecular weight excluding hydrogens is 363 g/mol. The molecule has 8 nitrogen and oxygen atoms in total. The van der Waals surface area contributed by atoms with Crippen molar-refractivity contribution in [3.63, 3.8) is 0 Å². The number of carbonyl (C=O) groups is 2. The minimum Gasteiger partial charge on any atom is -0.476 e. The van der Waals surface area contributed by atoms with Crippen molar-refractivity contribution in [2.45, 2.75) is 25.6 Å². The van der Waals surface area contributed by atoms with Crippen molar-refractivity contribution >= 4 is 28.5 Å². The first-order valence-corrected chi connectivity index (χ1v) is 8.68. The number of urea groups is 1. The van der Waals surface area contributed by atoms with Crippen LogP contribution in [0.4, 0.5) is 14.2 Å². The first-order chi connectivity index (χ1) is 12.2. The third-order valence-corrected chi connectivity index (χ3v) is 4.44. The lowest BCUT2D eigenvalue weighted by atomic mass is 9.88. The van der Waals surface area contributed by atoms with Gasteiger partial charge < -0.3 is 20.9 Å². The molecule has 1 aliphatic rings. The van der Waals surface area contributed by atoms with Crippen LogP contribution in [0.2, 0.25) is 0 Å². The number of aliphatic hydroxyl groups excluding tert-OH is 1. The van der Waals surface area contributed by atoms with Gasteiger partial charge in [0.05, 0.1) is 12.7 Å². The van der Waals surface area contributed by atoms with Gasteiger partial charge in [-0.3, -0.25) is 10.1 Å². The quantitative estimate of drug-likeness (QED) is 0.568. The van der Waals surface area contributed by atoms with E-state index >= 15 is 0 Å². The number of aromatic nitrogens is 1. The van der Waals surface area contributed by atoms with Crippen LogP contribution in [0, 0.1) is 5.92 Å². The zero-order valence-electron chi connectivity index (χ0n) is 14.4. The molecule has 0 aliphatic heterocycles. The van der Waals surface area contributed by atoms with Gasteiger partial charge in [0.15, 0.2) is 0 Å². The molecule has 0 fully saturated rings. The summed E-state index contributed by atoms with van der Waals surface area (Å²) in [4.78, 5) is 23.5. The van der Waals surface area contributed by atoms with Crippen LogP contribution in [0.15, 0.2) is 24.3 Å². The molecule has 3 unspecified atom stereocenters. The van der Waals surface area contributed by atoms with Crippen molar-refractivity contribution < 1.29 is 23.8 Å². The molecule has 0 spiro atoms. The molecule has 3 amide bonds. The Morgan fingerprint density at radius 1 is 1.54 bits per heavy atom. The van der Waals surface area contributed by atoms with Crippen LogP contribution in [0.25, 0.3) is 0 Å². The van der Waals surface area contributed by atoms with Crippen molar-refractivity contribution in [1.82, 2.24) is 9.69 Å². The highest BCUT2D eigenvalue weighted by atomic mass is 32.1. The number of primary amides is 1. The van der Waals surface area contributed by atoms with E-state index in [0.717, 1.165) is 11.5 Å². The topological polar surface area (TPSA) is 127 Å². The Morgan fingerprint density at radius 3 is 2.88 bits per heavy atom. The summed E-state index contributed by atoms with van der Waals surface area (Å²) in [5.41, 5.74) is 3.69. The SMILES string of the molecule is CC(O)CNC(=O)Nc1snc(OCC2C=CC=CC2(C)F)c1C(N)=O. The van der Waals surface area contributed by atoms with E-state index in [1.165, 1.54) is 19.9 Å². The minimum atomic E-state index is -1.58. The standard InChI is InChI=1S/C16H21FN4O4S/c1-9(22)7-19-15(24)20-14-11(12(18)23)13(21-26-14)25-8-10-5-3-4-6-16(10,2)17/h3-6,9-10,22H,7-8H2,1-2H3,(H2,18,23)(H2,19,20,24). The second kappa shape index (κ2) is 8.28. The number of nitrogens with one attached hydrogen (secondary N) is 2. The minimum absolute atomic E-state index is 0.0382. The van der Waals surface area contributed by atoms with Crippen LogP contribution < -0.4 is 21.1 Å². The van der Waals surface area contributed by atoms with Crippen LogP contribution in [0.5, 0.6) is 5.88 Å². The summed E-state index contributed by atoms with van der Waals surface area (Å²) >= 11 is 0.818. The molecule has 0 aromatic carbocycles. The van der Waals surface area contributed by atoms with Gasteiger partial charge in [-0.2, -0.15) is 4.37 Å². The summed E-state index contributed by atoms with van der Waals surface area (Å²) in [7, 11) is 0. The number of aliphatic hydroxyl groups is 1. The summed E-state index contributed by atoms with van der Waals surface area (Å²) in [5, 5.41) is 14.1. The highest BCUT2D eigenvalue weighted by Crippen LogP contribution is 2.33. The monoisotopic (exact) mass is 384 g/mol. The van der Waals surface area contributed by atoms with E-state index in [0.29, 0.717) is 0 Å². The molecule has 0 bridgehead atoms. The number of alkyl halides is 1. The van der Waals surface area contributed by atoms with Gasteiger partial charge in [-0.1, -0.05) is 18.2 Å². The molecule has 1 heterocycles. The van der Waals surface area contributed by atoms with E-state index in [-0.39, 0.29) is 29.6 Å². The van der Waals surface area contributed by atoms with Crippen molar-refractivity contribution in [2.24, 2.45) is 11.7 Å². The molecule has 1 aliphatic carbocycles. The molecule has 5 N–H and O–H groups in total. The summed E-state index contributed by atoms with van der Waals surface area (Å²) in [6.45, 7) is 2.93. The number of nitrogens with two attached hydrogens (primary N) is 1. The molecule has 1 aromatic rings. The van der Waals surface area contributed by atoms with Gasteiger partial charge in [0.2, 0.25) is 5.88 Å². The van der Waals surface area contributed by atoms with Crippen molar-refractivity contribution in [3.8, 4) is 5.88 Å². The van der Waals surface area contributed by atoms with Crippen molar-refractivity contribution in [1.29, 1.82) is 0 Å². The van der Waals surface area contributed by atoms with Gasteiger partial charge in [0.1, 0.15) is 16.2 Å². The molecule has 1 aromatic heterocycles. The van der Waals surface area contributed by atoms with Crippen LogP contribution in [0.1, 0.15) is 24.2 Å². The molecule has 0 saturated carbocycles.